The average molecular weight is 337 g/mol. The van der Waals surface area contributed by atoms with Crippen molar-refractivity contribution < 1.29 is 0 Å². The lowest BCUT2D eigenvalue weighted by Gasteiger charge is -2.25. The molecule has 0 aliphatic heterocycles. The zero-order chi connectivity index (χ0) is 14.2. The molecule has 1 nitrogen and oxygen atoms in total. The Bertz CT molecular complexity index is 548. The Hall–Kier alpha value is -0.340. The summed E-state index contributed by atoms with van der Waals surface area (Å²) in [6, 6.07) is 5.83. The van der Waals surface area contributed by atoms with E-state index in [9.17, 15) is 0 Å². The van der Waals surface area contributed by atoms with Crippen molar-refractivity contribution in [2.24, 2.45) is 0 Å². The van der Waals surface area contributed by atoms with Crippen molar-refractivity contribution in [3.63, 3.8) is 0 Å². The maximum atomic E-state index is 6.31. The molecule has 0 radical (unpaired) electrons. The normalized spacial score (nSPS) is 22.8. The number of halogens is 4. The van der Waals surface area contributed by atoms with E-state index in [0.717, 1.165) is 11.3 Å². The Morgan fingerprint density at radius 2 is 1.79 bits per heavy atom. The van der Waals surface area contributed by atoms with Gasteiger partial charge in [-0.2, -0.15) is 0 Å². The molecule has 2 unspecified atom stereocenters. The van der Waals surface area contributed by atoms with Crippen LogP contribution in [0, 0.1) is 0 Å². The summed E-state index contributed by atoms with van der Waals surface area (Å²) < 4.78 is 0. The summed E-state index contributed by atoms with van der Waals surface area (Å²) in [5.41, 5.74) is 1.91. The minimum atomic E-state index is -0.226. The van der Waals surface area contributed by atoms with Gasteiger partial charge < -0.3 is 4.90 Å². The molecule has 0 saturated carbocycles. The summed E-state index contributed by atoms with van der Waals surface area (Å²) in [6.07, 6.45) is 3.57. The molecule has 0 spiro atoms. The number of benzene rings is 1. The number of rotatable bonds is 2. The van der Waals surface area contributed by atoms with E-state index in [2.05, 4.69) is 0 Å². The van der Waals surface area contributed by atoms with Gasteiger partial charge in [0, 0.05) is 25.0 Å². The first-order valence-corrected chi connectivity index (χ1v) is 7.33. The first kappa shape index (κ1) is 15.1. The monoisotopic (exact) mass is 335 g/mol. The Kier molecular flexibility index (Phi) is 4.73. The van der Waals surface area contributed by atoms with E-state index in [0.29, 0.717) is 15.1 Å². The lowest BCUT2D eigenvalue weighted by Crippen LogP contribution is -2.15. The van der Waals surface area contributed by atoms with Gasteiger partial charge in [-0.05, 0) is 23.8 Å². The lowest BCUT2D eigenvalue weighted by molar-refractivity contribution is 0.842. The van der Waals surface area contributed by atoms with Crippen molar-refractivity contribution in [3.05, 3.63) is 51.0 Å². The van der Waals surface area contributed by atoms with E-state index in [1.807, 2.05) is 43.3 Å². The van der Waals surface area contributed by atoms with Gasteiger partial charge in [-0.1, -0.05) is 46.9 Å². The van der Waals surface area contributed by atoms with Crippen molar-refractivity contribution in [1.29, 1.82) is 0 Å². The molecule has 2 atom stereocenters. The highest BCUT2D eigenvalue weighted by Crippen LogP contribution is 2.42. The second-order valence-corrected chi connectivity index (χ2v) is 6.31. The number of allylic oxidation sites excluding steroid dienone is 4. The van der Waals surface area contributed by atoms with Crippen LogP contribution in [0.3, 0.4) is 0 Å². The van der Waals surface area contributed by atoms with Crippen LogP contribution >= 0.6 is 46.4 Å². The van der Waals surface area contributed by atoms with E-state index in [-0.39, 0.29) is 11.3 Å². The van der Waals surface area contributed by atoms with Crippen LogP contribution in [-0.2, 0) is 0 Å². The molecule has 0 heterocycles. The SMILES string of the molecule is CN(C)c1ccc(C2C(Cl)=C(Cl)C=CC2Cl)cc1Cl. The molecule has 1 aliphatic carbocycles. The van der Waals surface area contributed by atoms with E-state index < -0.39 is 0 Å². The highest BCUT2D eigenvalue weighted by Gasteiger charge is 2.27. The molecule has 0 bridgehead atoms. The Labute approximate surface area is 133 Å². The Balaban J connectivity index is 2.42. The van der Waals surface area contributed by atoms with E-state index in [1.165, 1.54) is 0 Å². The third kappa shape index (κ3) is 3.05. The summed E-state index contributed by atoms with van der Waals surface area (Å²) in [5, 5.41) is 1.52. The average Bonchev–Trinajstić information content (AvgIpc) is 2.34. The van der Waals surface area contributed by atoms with Crippen molar-refractivity contribution in [2.75, 3.05) is 19.0 Å². The van der Waals surface area contributed by atoms with Gasteiger partial charge in [0.15, 0.2) is 0 Å². The summed E-state index contributed by atoms with van der Waals surface area (Å²) in [6.45, 7) is 0. The first-order valence-electron chi connectivity index (χ1n) is 5.76. The molecule has 19 heavy (non-hydrogen) atoms. The minimum absolute atomic E-state index is 0.158. The molecule has 1 aromatic carbocycles. The van der Waals surface area contributed by atoms with E-state index >= 15 is 0 Å². The molecule has 0 N–H and O–H groups in total. The molecular formula is C14H13Cl4N. The Morgan fingerprint density at radius 1 is 1.11 bits per heavy atom. The summed E-state index contributed by atoms with van der Waals surface area (Å²) in [4.78, 5) is 1.95. The van der Waals surface area contributed by atoms with Gasteiger partial charge in [0.05, 0.1) is 21.1 Å². The maximum absolute atomic E-state index is 6.31. The number of hydrogen-bond acceptors (Lipinski definition) is 1. The van der Waals surface area contributed by atoms with Gasteiger partial charge in [0.25, 0.3) is 0 Å². The standard InChI is InChI=1S/C14H13Cl4N/c1-19(2)12-6-3-8(7-11(12)17)13-9(15)4-5-10(16)14(13)18/h3-7,9,13H,1-2H3. The predicted octanol–water partition coefficient (Wildman–Crippen LogP) is 5.36. The van der Waals surface area contributed by atoms with Gasteiger partial charge in [0.1, 0.15) is 0 Å². The fourth-order valence-electron chi connectivity index (χ4n) is 2.06. The summed E-state index contributed by atoms with van der Waals surface area (Å²) in [5.74, 6) is -0.158. The van der Waals surface area contributed by atoms with Crippen LogP contribution in [0.4, 0.5) is 5.69 Å². The van der Waals surface area contributed by atoms with Crippen LogP contribution in [0.1, 0.15) is 11.5 Å². The number of hydrogen-bond donors (Lipinski definition) is 0. The summed E-state index contributed by atoms with van der Waals surface area (Å²) >= 11 is 24.9. The fourth-order valence-corrected chi connectivity index (χ4v) is 3.35. The molecule has 0 saturated heterocycles. The molecule has 0 amide bonds. The van der Waals surface area contributed by atoms with Gasteiger partial charge >= 0.3 is 0 Å². The second-order valence-electron chi connectivity index (χ2n) is 4.58. The van der Waals surface area contributed by atoms with Gasteiger partial charge in [-0.3, -0.25) is 0 Å². The van der Waals surface area contributed by atoms with Crippen LogP contribution < -0.4 is 4.90 Å². The topological polar surface area (TPSA) is 3.24 Å². The highest BCUT2D eigenvalue weighted by molar-refractivity contribution is 6.41. The van der Waals surface area contributed by atoms with Crippen molar-refractivity contribution in [3.8, 4) is 0 Å². The third-order valence-corrected chi connectivity index (χ3v) is 4.62. The first-order chi connectivity index (χ1) is 8.91. The molecule has 5 heteroatoms. The maximum Gasteiger partial charge on any atom is 0.0642 e. The summed E-state index contributed by atoms with van der Waals surface area (Å²) in [7, 11) is 3.89. The lowest BCUT2D eigenvalue weighted by atomic mass is 9.91. The van der Waals surface area contributed by atoms with E-state index in [4.69, 9.17) is 46.4 Å². The predicted molar refractivity (Wildman–Crippen MR) is 86.0 cm³/mol. The highest BCUT2D eigenvalue weighted by atomic mass is 35.5. The second kappa shape index (κ2) is 5.97. The van der Waals surface area contributed by atoms with Gasteiger partial charge in [0.2, 0.25) is 0 Å². The van der Waals surface area contributed by atoms with Crippen LogP contribution in [-0.4, -0.2) is 19.5 Å². The quantitative estimate of drug-likeness (QED) is 0.657. The molecule has 102 valence electrons. The smallest absolute Gasteiger partial charge is 0.0642 e. The third-order valence-electron chi connectivity index (χ3n) is 3.06. The number of nitrogens with zero attached hydrogens (tertiary/aromatic N) is 1. The zero-order valence-corrected chi connectivity index (χ0v) is 13.5. The fraction of sp³-hybridized carbons (Fsp3) is 0.286. The largest absolute Gasteiger partial charge is 0.376 e. The molecule has 0 aromatic heterocycles. The van der Waals surface area contributed by atoms with Crippen molar-refractivity contribution >= 4 is 52.1 Å². The van der Waals surface area contributed by atoms with Crippen molar-refractivity contribution in [1.82, 2.24) is 0 Å². The zero-order valence-electron chi connectivity index (χ0n) is 10.5. The van der Waals surface area contributed by atoms with Gasteiger partial charge in [-0.25, -0.2) is 0 Å². The van der Waals surface area contributed by atoms with Gasteiger partial charge in [-0.15, -0.1) is 11.6 Å². The minimum Gasteiger partial charge on any atom is -0.376 e. The molecule has 1 aromatic rings. The molecular weight excluding hydrogens is 324 g/mol. The van der Waals surface area contributed by atoms with E-state index in [1.54, 1.807) is 6.08 Å². The Morgan fingerprint density at radius 3 is 2.37 bits per heavy atom. The number of anilines is 1. The molecule has 1 aliphatic rings. The van der Waals surface area contributed by atoms with Crippen LogP contribution in [0.15, 0.2) is 40.4 Å². The van der Waals surface area contributed by atoms with Crippen LogP contribution in [0.5, 0.6) is 0 Å². The molecule has 2 rings (SSSR count). The molecule has 0 fully saturated rings. The number of alkyl halides is 1. The van der Waals surface area contributed by atoms with Crippen LogP contribution in [0.25, 0.3) is 0 Å². The van der Waals surface area contributed by atoms with Crippen LogP contribution in [0.2, 0.25) is 5.02 Å². The van der Waals surface area contributed by atoms with Crippen molar-refractivity contribution in [2.45, 2.75) is 11.3 Å².